The number of esters is 2. The Balaban J connectivity index is -0.0000000364. The number of ether oxygens (including phenoxy) is 2. The van der Waals surface area contributed by atoms with Crippen LogP contribution in [0.5, 0.6) is 0 Å². The molecule has 22 heteroatoms. The van der Waals surface area contributed by atoms with E-state index < -0.39 is 46.2 Å². The SMILES string of the molecule is CC(C)(C)C(=O)OCCOP(=O)([O-])[O-].CC(C)C(=O)OCCOP(=O)([O-])[O-].[Na+].[Na+].[Na+].[Na+].[Na+].[Na+].[OH-].[OH-]. The van der Waals surface area contributed by atoms with Gasteiger partial charge in [0.25, 0.3) is 0 Å². The van der Waals surface area contributed by atoms with Crippen LogP contribution in [0.15, 0.2) is 0 Å². The second-order valence-electron chi connectivity index (χ2n) is 6.27. The maximum Gasteiger partial charge on any atom is 1.00 e. The van der Waals surface area contributed by atoms with Gasteiger partial charge in [0.2, 0.25) is 0 Å². The van der Waals surface area contributed by atoms with E-state index in [4.69, 9.17) is 0 Å². The molecule has 0 heterocycles. The topological polar surface area (TPSA) is 257 Å². The largest absolute Gasteiger partial charge is 1.00 e. The van der Waals surface area contributed by atoms with Crippen molar-refractivity contribution in [3.8, 4) is 0 Å². The Bertz CT molecular complexity index is 567. The van der Waals surface area contributed by atoms with Crippen molar-refractivity contribution in [1.29, 1.82) is 0 Å². The number of hydrogen-bond donors (Lipinski definition) is 0. The number of phosphoric ester groups is 2. The van der Waals surface area contributed by atoms with Gasteiger partial charge in [-0.25, -0.2) is 0 Å². The average molecular weight is 606 g/mol. The Morgan fingerprint density at radius 2 is 0.971 bits per heavy atom. The monoisotopic (exact) mass is 606 g/mol. The Labute approximate surface area is 339 Å². The van der Waals surface area contributed by atoms with Crippen molar-refractivity contribution in [3.63, 3.8) is 0 Å². The van der Waals surface area contributed by atoms with Gasteiger partial charge in [-0.3, -0.25) is 9.59 Å². The van der Waals surface area contributed by atoms with Gasteiger partial charge in [-0.1, -0.05) is 13.8 Å². The summed E-state index contributed by atoms with van der Waals surface area (Å²) in [7, 11) is -9.90. The molecule has 14 nitrogen and oxygen atoms in total. The van der Waals surface area contributed by atoms with Crippen molar-refractivity contribution in [2.24, 2.45) is 11.3 Å². The van der Waals surface area contributed by atoms with Crippen LogP contribution in [-0.4, -0.2) is 49.3 Å². The van der Waals surface area contributed by atoms with Crippen LogP contribution in [0.4, 0.5) is 0 Å². The van der Waals surface area contributed by atoms with Crippen LogP contribution in [0.1, 0.15) is 34.6 Å². The maximum absolute atomic E-state index is 11.1. The molecule has 0 saturated heterocycles. The van der Waals surface area contributed by atoms with E-state index in [1.54, 1.807) is 34.6 Å². The van der Waals surface area contributed by atoms with E-state index in [1.165, 1.54) is 0 Å². The third kappa shape index (κ3) is 55.6. The molecule has 0 aliphatic rings. The van der Waals surface area contributed by atoms with Crippen molar-refractivity contribution in [2.75, 3.05) is 26.4 Å². The molecule has 35 heavy (non-hydrogen) atoms. The Morgan fingerprint density at radius 1 is 0.686 bits per heavy atom. The first kappa shape index (κ1) is 67.7. The molecule has 2 N–H and O–H groups in total. The second-order valence-corrected chi connectivity index (χ2v) is 8.57. The van der Waals surface area contributed by atoms with Gasteiger partial charge in [0.15, 0.2) is 0 Å². The summed E-state index contributed by atoms with van der Waals surface area (Å²) in [5.41, 5.74) is -0.654. The van der Waals surface area contributed by atoms with Crippen LogP contribution >= 0.6 is 15.6 Å². The molecule has 0 spiro atoms. The van der Waals surface area contributed by atoms with E-state index >= 15 is 0 Å². The third-order valence-corrected chi connectivity index (χ3v) is 3.22. The van der Waals surface area contributed by atoms with E-state index in [0.717, 1.165) is 0 Å². The molecule has 0 amide bonds. The fraction of sp³-hybridized carbons (Fsp3) is 0.846. The van der Waals surface area contributed by atoms with E-state index in [1.807, 2.05) is 0 Å². The Hall–Kier alpha value is 5.08. The third-order valence-electron chi connectivity index (χ3n) is 2.23. The summed E-state index contributed by atoms with van der Waals surface area (Å²) in [5.74, 6) is -1.23. The summed E-state index contributed by atoms with van der Waals surface area (Å²) >= 11 is 0. The molecule has 0 aliphatic heterocycles. The summed E-state index contributed by atoms with van der Waals surface area (Å²) in [6, 6.07) is 0. The molecule has 0 atom stereocenters. The molecule has 0 rings (SSSR count). The molecule has 0 fully saturated rings. The van der Waals surface area contributed by atoms with Crippen LogP contribution in [0.3, 0.4) is 0 Å². The van der Waals surface area contributed by atoms with Crippen molar-refractivity contribution in [3.05, 3.63) is 0 Å². The number of carbonyl (C=O) groups excluding carboxylic acids is 2. The van der Waals surface area contributed by atoms with Gasteiger partial charge in [0.1, 0.15) is 13.2 Å². The summed E-state index contributed by atoms with van der Waals surface area (Å²) in [6.45, 7) is 6.89. The number of rotatable bonds is 9. The van der Waals surface area contributed by atoms with Gasteiger partial charge in [0.05, 0.1) is 40.2 Å². The molecule has 0 aromatic heterocycles. The summed E-state index contributed by atoms with van der Waals surface area (Å²) in [5, 5.41) is 0. The van der Waals surface area contributed by atoms with Crippen molar-refractivity contribution < 1.29 is 245 Å². The van der Waals surface area contributed by atoms with Crippen LogP contribution in [0, 0.1) is 11.3 Å². The van der Waals surface area contributed by atoms with Crippen LogP contribution in [-0.2, 0) is 37.2 Å². The number of phosphoric acid groups is 2. The first-order valence-electron chi connectivity index (χ1n) is 7.63. The van der Waals surface area contributed by atoms with Crippen LogP contribution in [0.2, 0.25) is 0 Å². The van der Waals surface area contributed by atoms with Gasteiger partial charge in [-0.15, -0.1) is 0 Å². The maximum atomic E-state index is 11.1. The standard InChI is InChI=1S/C7H15O6P.C6H13O6P.6Na.2H2O/c1-7(2,3)6(8)12-4-5-13-14(9,10)11;1-5(2)6(7)11-3-4-12-13(8,9)10;;;;;;;;/h4-5H2,1-3H3,(H2,9,10,11);5H,3-4H2,1-2H3,(H2,8,9,10);;;;;;;2*1H2/q;;6*+1;;/p-6. The van der Waals surface area contributed by atoms with E-state index in [0.29, 0.717) is 0 Å². The minimum Gasteiger partial charge on any atom is -0.870 e. The molecule has 0 aromatic rings. The van der Waals surface area contributed by atoms with Crippen LogP contribution in [0.25, 0.3) is 0 Å². The van der Waals surface area contributed by atoms with Gasteiger partial charge >= 0.3 is 189 Å². The second kappa shape index (κ2) is 35.3. The molecule has 0 radical (unpaired) electrons. The molecule has 178 valence electrons. The average Bonchev–Trinajstić information content (AvgIpc) is 2.45. The van der Waals surface area contributed by atoms with Gasteiger partial charge in [-0.05, 0) is 20.8 Å². The fourth-order valence-corrected chi connectivity index (χ4v) is 1.55. The molecule has 0 saturated carbocycles. The van der Waals surface area contributed by atoms with E-state index in [2.05, 4.69) is 18.5 Å². The van der Waals surface area contributed by atoms with Crippen molar-refractivity contribution in [1.82, 2.24) is 0 Å². The minimum absolute atomic E-state index is 0. The normalized spacial score (nSPS) is 9.43. The summed E-state index contributed by atoms with van der Waals surface area (Å²) in [6.07, 6.45) is 0. The predicted octanol–water partition coefficient (Wildman–Crippen LogP) is -19.9. The summed E-state index contributed by atoms with van der Waals surface area (Å²) in [4.78, 5) is 61.7. The Kier molecular flexibility index (Phi) is 68.2. The minimum atomic E-state index is -4.96. The smallest absolute Gasteiger partial charge is 0.870 e. The van der Waals surface area contributed by atoms with Gasteiger partial charge in [0, 0.05) is 0 Å². The predicted molar refractivity (Wildman–Crippen MR) is 87.2 cm³/mol. The zero-order chi connectivity index (χ0) is 21.9. The molecular formula is C13H26Na6O14P2. The number of hydrogen-bond acceptors (Lipinski definition) is 14. The van der Waals surface area contributed by atoms with Crippen LogP contribution < -0.4 is 197 Å². The summed E-state index contributed by atoms with van der Waals surface area (Å²) < 4.78 is 36.8. The van der Waals surface area contributed by atoms with Gasteiger partial charge < -0.3 is 58.2 Å². The fourth-order valence-electron chi connectivity index (χ4n) is 0.958. The van der Waals surface area contributed by atoms with E-state index in [-0.39, 0.29) is 207 Å². The van der Waals surface area contributed by atoms with Gasteiger partial charge in [-0.2, -0.15) is 0 Å². The van der Waals surface area contributed by atoms with Crippen molar-refractivity contribution >= 4 is 27.6 Å². The zero-order valence-electron chi connectivity index (χ0n) is 22.6. The zero-order valence-corrected chi connectivity index (χ0v) is 36.4. The molecule has 0 bridgehead atoms. The molecule has 0 unspecified atom stereocenters. The quantitative estimate of drug-likeness (QED) is 0.102. The Morgan fingerprint density at radius 3 is 1.20 bits per heavy atom. The molecular weight excluding hydrogens is 580 g/mol. The first-order chi connectivity index (χ1) is 12.0. The van der Waals surface area contributed by atoms with E-state index in [9.17, 15) is 38.3 Å². The van der Waals surface area contributed by atoms with Crippen molar-refractivity contribution in [2.45, 2.75) is 34.6 Å². The molecule has 0 aliphatic carbocycles. The molecule has 0 aromatic carbocycles. The number of carbonyl (C=O) groups is 2. The first-order valence-corrected chi connectivity index (χ1v) is 10.5.